The van der Waals surface area contributed by atoms with E-state index in [-0.39, 0.29) is 0 Å². The Hall–Kier alpha value is -1.57. The lowest BCUT2D eigenvalue weighted by atomic mass is 9.67. The summed E-state index contributed by atoms with van der Waals surface area (Å²) in [4.78, 5) is 2.63. The summed E-state index contributed by atoms with van der Waals surface area (Å²) in [6, 6.07) is 15.4. The van der Waals surface area contributed by atoms with Crippen LogP contribution in [0.15, 0.2) is 48.5 Å². The summed E-state index contributed by atoms with van der Waals surface area (Å²) < 4.78 is 0. The van der Waals surface area contributed by atoms with Gasteiger partial charge in [-0.05, 0) is 47.4 Å². The van der Waals surface area contributed by atoms with Crippen LogP contribution in [0.5, 0.6) is 0 Å². The molecule has 1 fully saturated rings. The normalized spacial score (nSPS) is 26.0. The van der Waals surface area contributed by atoms with Crippen LogP contribution < -0.4 is 0 Å². The number of likely N-dealkylation sites (tertiary alicyclic amines) is 1. The Morgan fingerprint density at radius 3 is 2.76 bits per heavy atom. The topological polar surface area (TPSA) is 3.24 Å². The molecular formula is C23H26ClN. The fourth-order valence-corrected chi connectivity index (χ4v) is 5.14. The number of allylic oxidation sites excluding steroid dienone is 1. The first-order chi connectivity index (χ1) is 12.1. The Balaban J connectivity index is 1.63. The van der Waals surface area contributed by atoms with E-state index in [1.165, 1.54) is 29.7 Å². The molecule has 0 spiro atoms. The van der Waals surface area contributed by atoms with Crippen LogP contribution in [0.25, 0.3) is 6.08 Å². The molecule has 0 radical (unpaired) electrons. The lowest BCUT2D eigenvalue weighted by molar-refractivity contribution is 0.240. The summed E-state index contributed by atoms with van der Waals surface area (Å²) in [7, 11) is 0. The fourth-order valence-electron chi connectivity index (χ4n) is 4.81. The summed E-state index contributed by atoms with van der Waals surface area (Å²) in [6.45, 7) is 7.88. The molecule has 130 valence electrons. The molecule has 25 heavy (non-hydrogen) atoms. The van der Waals surface area contributed by atoms with Crippen molar-refractivity contribution in [3.63, 3.8) is 0 Å². The van der Waals surface area contributed by atoms with Crippen LogP contribution >= 0.6 is 11.6 Å². The predicted molar refractivity (Wildman–Crippen MR) is 107 cm³/mol. The van der Waals surface area contributed by atoms with Crippen molar-refractivity contribution in [2.24, 2.45) is 5.41 Å². The molecule has 1 unspecified atom stereocenters. The molecule has 2 aliphatic rings. The van der Waals surface area contributed by atoms with Crippen LogP contribution in [0.4, 0.5) is 0 Å². The molecule has 2 atom stereocenters. The Labute approximate surface area is 156 Å². The summed E-state index contributed by atoms with van der Waals surface area (Å²) in [5, 5.41) is 0.971. The van der Waals surface area contributed by atoms with Crippen molar-refractivity contribution in [2.75, 3.05) is 13.1 Å². The first-order valence-corrected chi connectivity index (χ1v) is 9.69. The molecule has 1 heterocycles. The SMILES string of the molecule is C/C=C\c1ccc2c(c1Cl)CC[C@@]1(C)CN(Cc3ccccc3)CC21. The monoisotopic (exact) mass is 351 g/mol. The zero-order valence-corrected chi connectivity index (χ0v) is 15.9. The quantitative estimate of drug-likeness (QED) is 0.662. The van der Waals surface area contributed by atoms with Gasteiger partial charge in [0.05, 0.1) is 5.02 Å². The maximum atomic E-state index is 6.74. The van der Waals surface area contributed by atoms with E-state index in [9.17, 15) is 0 Å². The first kappa shape index (κ1) is 16.9. The maximum Gasteiger partial charge on any atom is 0.0513 e. The molecule has 2 aromatic carbocycles. The number of hydrogen-bond acceptors (Lipinski definition) is 1. The number of nitrogens with zero attached hydrogens (tertiary/aromatic N) is 1. The van der Waals surface area contributed by atoms with Gasteiger partial charge in [-0.15, -0.1) is 0 Å². The van der Waals surface area contributed by atoms with E-state index in [1.54, 1.807) is 0 Å². The van der Waals surface area contributed by atoms with Crippen molar-refractivity contribution in [3.05, 3.63) is 75.8 Å². The van der Waals surface area contributed by atoms with E-state index in [0.29, 0.717) is 11.3 Å². The minimum Gasteiger partial charge on any atom is -0.298 e. The minimum atomic E-state index is 0.368. The second-order valence-corrected chi connectivity index (χ2v) is 8.28. The van der Waals surface area contributed by atoms with E-state index in [2.05, 4.69) is 66.4 Å². The third-order valence-electron chi connectivity index (χ3n) is 6.09. The number of rotatable bonds is 3. The summed E-state index contributed by atoms with van der Waals surface area (Å²) >= 11 is 6.74. The molecule has 2 heteroatoms. The van der Waals surface area contributed by atoms with Gasteiger partial charge in [-0.2, -0.15) is 0 Å². The van der Waals surface area contributed by atoms with Crippen LogP contribution in [0, 0.1) is 5.41 Å². The first-order valence-electron chi connectivity index (χ1n) is 9.31. The van der Waals surface area contributed by atoms with Crippen LogP contribution in [-0.2, 0) is 13.0 Å². The van der Waals surface area contributed by atoms with Crippen LogP contribution in [0.3, 0.4) is 0 Å². The highest BCUT2D eigenvalue weighted by Gasteiger charge is 2.46. The van der Waals surface area contributed by atoms with Gasteiger partial charge in [0.25, 0.3) is 0 Å². The van der Waals surface area contributed by atoms with Crippen LogP contribution in [0.1, 0.15) is 48.4 Å². The van der Waals surface area contributed by atoms with E-state index < -0.39 is 0 Å². The Kier molecular flexibility index (Phi) is 4.47. The lowest BCUT2D eigenvalue weighted by Crippen LogP contribution is -2.30. The largest absolute Gasteiger partial charge is 0.298 e. The predicted octanol–water partition coefficient (Wildman–Crippen LogP) is 5.93. The Bertz CT molecular complexity index is 795. The van der Waals surface area contributed by atoms with E-state index in [1.807, 2.05) is 6.92 Å². The van der Waals surface area contributed by atoms with Gasteiger partial charge in [0.2, 0.25) is 0 Å². The van der Waals surface area contributed by atoms with E-state index in [0.717, 1.165) is 30.1 Å². The van der Waals surface area contributed by atoms with Gasteiger partial charge in [0.1, 0.15) is 0 Å². The van der Waals surface area contributed by atoms with E-state index in [4.69, 9.17) is 11.6 Å². The third kappa shape index (κ3) is 3.05. The Morgan fingerprint density at radius 2 is 2.00 bits per heavy atom. The number of halogens is 1. The maximum absolute atomic E-state index is 6.74. The van der Waals surface area contributed by atoms with Gasteiger partial charge < -0.3 is 0 Å². The second-order valence-electron chi connectivity index (χ2n) is 7.90. The smallest absolute Gasteiger partial charge is 0.0513 e. The molecule has 0 aromatic heterocycles. The number of benzene rings is 2. The zero-order chi connectivity index (χ0) is 17.4. The molecule has 1 aliphatic carbocycles. The zero-order valence-electron chi connectivity index (χ0n) is 15.1. The van der Waals surface area contributed by atoms with Gasteiger partial charge in [-0.3, -0.25) is 4.90 Å². The van der Waals surface area contributed by atoms with Gasteiger partial charge in [0.15, 0.2) is 0 Å². The number of hydrogen-bond donors (Lipinski definition) is 0. The third-order valence-corrected chi connectivity index (χ3v) is 6.54. The Morgan fingerprint density at radius 1 is 1.20 bits per heavy atom. The van der Waals surface area contributed by atoms with Gasteiger partial charge in [0, 0.05) is 25.6 Å². The van der Waals surface area contributed by atoms with Crippen molar-refractivity contribution < 1.29 is 0 Å². The second kappa shape index (κ2) is 6.63. The summed E-state index contributed by atoms with van der Waals surface area (Å²) in [5.41, 5.74) is 5.81. The van der Waals surface area contributed by atoms with Crippen LogP contribution in [0.2, 0.25) is 5.02 Å². The molecule has 4 rings (SSSR count). The van der Waals surface area contributed by atoms with Gasteiger partial charge in [-0.1, -0.05) is 73.1 Å². The molecular weight excluding hydrogens is 326 g/mol. The van der Waals surface area contributed by atoms with E-state index >= 15 is 0 Å². The molecule has 2 aromatic rings. The minimum absolute atomic E-state index is 0.368. The molecule has 0 N–H and O–H groups in total. The molecule has 1 aliphatic heterocycles. The van der Waals surface area contributed by atoms with Crippen molar-refractivity contribution in [2.45, 2.75) is 39.2 Å². The highest BCUT2D eigenvalue weighted by molar-refractivity contribution is 6.33. The molecule has 0 bridgehead atoms. The lowest BCUT2D eigenvalue weighted by Gasteiger charge is -2.37. The summed E-state index contributed by atoms with van der Waals surface area (Å²) in [5.74, 6) is 0.595. The van der Waals surface area contributed by atoms with Crippen LogP contribution in [-0.4, -0.2) is 18.0 Å². The average molecular weight is 352 g/mol. The average Bonchev–Trinajstić information content (AvgIpc) is 2.94. The van der Waals surface area contributed by atoms with Gasteiger partial charge >= 0.3 is 0 Å². The molecule has 1 nitrogen and oxygen atoms in total. The van der Waals surface area contributed by atoms with Crippen molar-refractivity contribution in [3.8, 4) is 0 Å². The van der Waals surface area contributed by atoms with Crippen molar-refractivity contribution in [1.82, 2.24) is 4.90 Å². The van der Waals surface area contributed by atoms with Crippen molar-refractivity contribution in [1.29, 1.82) is 0 Å². The summed E-state index contributed by atoms with van der Waals surface area (Å²) in [6.07, 6.45) is 6.52. The highest BCUT2D eigenvalue weighted by atomic mass is 35.5. The van der Waals surface area contributed by atoms with Crippen molar-refractivity contribution >= 4 is 17.7 Å². The molecule has 0 saturated carbocycles. The molecule has 0 amide bonds. The molecule has 1 saturated heterocycles. The number of fused-ring (bicyclic) bond motifs is 3. The van der Waals surface area contributed by atoms with Gasteiger partial charge in [-0.25, -0.2) is 0 Å². The fraction of sp³-hybridized carbons (Fsp3) is 0.391. The standard InChI is InChI=1S/C23H26ClN/c1-3-7-18-10-11-19-20(22(18)24)12-13-23(2)16-25(15-21(19)23)14-17-8-5-4-6-9-17/h3-11,21H,12-16H2,1-2H3/b7-3-/t21?,23-/m0/s1. The highest BCUT2D eigenvalue weighted by Crippen LogP contribution is 2.52.